The molecule has 1 rings (SSSR count). The Balaban J connectivity index is 3.00. The van der Waals surface area contributed by atoms with Gasteiger partial charge < -0.3 is 10.0 Å². The second-order valence-corrected chi connectivity index (χ2v) is 5.63. The van der Waals surface area contributed by atoms with Gasteiger partial charge in [-0.05, 0) is 32.8 Å². The van der Waals surface area contributed by atoms with Crippen LogP contribution in [0.1, 0.15) is 56.7 Å². The number of amides is 1. The molecule has 0 aliphatic rings. The van der Waals surface area contributed by atoms with E-state index < -0.39 is 6.10 Å². The van der Waals surface area contributed by atoms with Crippen molar-refractivity contribution in [3.8, 4) is 0 Å². The SMILES string of the molecule is CC(O)CN(C(=O)c1cc(C(C)C)n(C)n1)C(C)C. The Morgan fingerprint density at radius 3 is 2.32 bits per heavy atom. The normalized spacial score (nSPS) is 13.1. The molecule has 0 spiro atoms. The van der Waals surface area contributed by atoms with Crippen molar-refractivity contribution < 1.29 is 9.90 Å². The molecule has 0 saturated carbocycles. The van der Waals surface area contributed by atoms with E-state index in [9.17, 15) is 9.90 Å². The zero-order chi connectivity index (χ0) is 14.7. The molecule has 1 aromatic rings. The fourth-order valence-electron chi connectivity index (χ4n) is 2.09. The lowest BCUT2D eigenvalue weighted by Gasteiger charge is -2.27. The third kappa shape index (κ3) is 3.80. The van der Waals surface area contributed by atoms with Crippen molar-refractivity contribution in [2.75, 3.05) is 6.54 Å². The lowest BCUT2D eigenvalue weighted by molar-refractivity contribution is 0.0572. The lowest BCUT2D eigenvalue weighted by Crippen LogP contribution is -2.41. The minimum Gasteiger partial charge on any atom is -0.392 e. The van der Waals surface area contributed by atoms with Crippen molar-refractivity contribution >= 4 is 5.91 Å². The summed E-state index contributed by atoms with van der Waals surface area (Å²) in [6.07, 6.45) is -0.542. The zero-order valence-electron chi connectivity index (χ0n) is 12.7. The largest absolute Gasteiger partial charge is 0.392 e. The quantitative estimate of drug-likeness (QED) is 0.884. The fraction of sp³-hybridized carbons (Fsp3) is 0.714. The summed E-state index contributed by atoms with van der Waals surface area (Å²) in [7, 11) is 1.85. The van der Waals surface area contributed by atoms with E-state index in [1.54, 1.807) is 16.5 Å². The van der Waals surface area contributed by atoms with Gasteiger partial charge >= 0.3 is 0 Å². The maximum Gasteiger partial charge on any atom is 0.274 e. The van der Waals surface area contributed by atoms with Gasteiger partial charge in [0.25, 0.3) is 5.91 Å². The molecule has 0 bridgehead atoms. The van der Waals surface area contributed by atoms with Crippen molar-refractivity contribution in [2.45, 2.75) is 52.7 Å². The average Bonchev–Trinajstić information content (AvgIpc) is 2.66. The van der Waals surface area contributed by atoms with Gasteiger partial charge in [0.05, 0.1) is 6.10 Å². The smallest absolute Gasteiger partial charge is 0.274 e. The maximum absolute atomic E-state index is 12.4. The molecule has 0 aliphatic carbocycles. The molecule has 0 fully saturated rings. The first-order valence-corrected chi connectivity index (χ1v) is 6.77. The van der Waals surface area contributed by atoms with E-state index in [1.807, 2.05) is 27.0 Å². The molecule has 19 heavy (non-hydrogen) atoms. The molecule has 1 aromatic heterocycles. The van der Waals surface area contributed by atoms with E-state index in [0.29, 0.717) is 18.2 Å². The van der Waals surface area contributed by atoms with Crippen LogP contribution in [-0.2, 0) is 7.05 Å². The van der Waals surface area contributed by atoms with Crippen LogP contribution >= 0.6 is 0 Å². The van der Waals surface area contributed by atoms with Gasteiger partial charge in [-0.15, -0.1) is 0 Å². The maximum atomic E-state index is 12.4. The predicted octanol–water partition coefficient (Wildman–Crippen LogP) is 1.77. The predicted molar refractivity (Wildman–Crippen MR) is 75.2 cm³/mol. The van der Waals surface area contributed by atoms with Crippen molar-refractivity contribution in [2.24, 2.45) is 7.05 Å². The number of aliphatic hydroxyl groups excluding tert-OH is 1. The monoisotopic (exact) mass is 267 g/mol. The Hall–Kier alpha value is -1.36. The van der Waals surface area contributed by atoms with Crippen LogP contribution in [0.4, 0.5) is 0 Å². The zero-order valence-corrected chi connectivity index (χ0v) is 12.7. The van der Waals surface area contributed by atoms with Gasteiger partial charge in [-0.2, -0.15) is 5.10 Å². The minimum atomic E-state index is -0.542. The van der Waals surface area contributed by atoms with Crippen LogP contribution in [0.25, 0.3) is 0 Å². The van der Waals surface area contributed by atoms with Crippen molar-refractivity contribution in [3.05, 3.63) is 17.5 Å². The Kier molecular flexibility index (Phi) is 5.11. The van der Waals surface area contributed by atoms with Gasteiger partial charge in [-0.1, -0.05) is 13.8 Å². The molecular formula is C14H25N3O2. The van der Waals surface area contributed by atoms with Gasteiger partial charge in [0.2, 0.25) is 0 Å². The number of aromatic nitrogens is 2. The second-order valence-electron chi connectivity index (χ2n) is 5.63. The fourth-order valence-corrected chi connectivity index (χ4v) is 2.09. The van der Waals surface area contributed by atoms with Gasteiger partial charge in [0, 0.05) is 25.3 Å². The van der Waals surface area contributed by atoms with Crippen LogP contribution in [-0.4, -0.2) is 44.4 Å². The first kappa shape index (κ1) is 15.7. The molecule has 0 radical (unpaired) electrons. The number of carbonyl (C=O) groups is 1. The Morgan fingerprint density at radius 2 is 1.95 bits per heavy atom. The van der Waals surface area contributed by atoms with E-state index in [-0.39, 0.29) is 11.9 Å². The first-order valence-electron chi connectivity index (χ1n) is 6.77. The topological polar surface area (TPSA) is 58.4 Å². The van der Waals surface area contributed by atoms with Gasteiger partial charge in [0.1, 0.15) is 0 Å². The molecule has 0 saturated heterocycles. The van der Waals surface area contributed by atoms with E-state index in [4.69, 9.17) is 0 Å². The van der Waals surface area contributed by atoms with Crippen LogP contribution < -0.4 is 0 Å². The van der Waals surface area contributed by atoms with E-state index in [0.717, 1.165) is 5.69 Å². The lowest BCUT2D eigenvalue weighted by atomic mass is 10.1. The van der Waals surface area contributed by atoms with Gasteiger partial charge in [-0.25, -0.2) is 0 Å². The molecule has 0 aromatic carbocycles. The molecule has 108 valence electrons. The van der Waals surface area contributed by atoms with Crippen LogP contribution in [0.3, 0.4) is 0 Å². The molecule has 1 heterocycles. The number of carbonyl (C=O) groups excluding carboxylic acids is 1. The Bertz CT molecular complexity index is 436. The Morgan fingerprint density at radius 1 is 1.37 bits per heavy atom. The summed E-state index contributed by atoms with van der Waals surface area (Å²) in [5.74, 6) is 0.196. The molecule has 1 atom stereocenters. The van der Waals surface area contributed by atoms with E-state index in [1.165, 1.54) is 0 Å². The van der Waals surface area contributed by atoms with Crippen LogP contribution in [0.15, 0.2) is 6.07 Å². The van der Waals surface area contributed by atoms with Crippen molar-refractivity contribution in [3.63, 3.8) is 0 Å². The van der Waals surface area contributed by atoms with Crippen LogP contribution in [0, 0.1) is 0 Å². The van der Waals surface area contributed by atoms with Gasteiger partial charge in [0.15, 0.2) is 5.69 Å². The van der Waals surface area contributed by atoms with Crippen molar-refractivity contribution in [1.29, 1.82) is 0 Å². The molecule has 1 amide bonds. The number of aliphatic hydroxyl groups is 1. The molecular weight excluding hydrogens is 242 g/mol. The molecule has 1 N–H and O–H groups in total. The molecule has 5 heteroatoms. The van der Waals surface area contributed by atoms with E-state index in [2.05, 4.69) is 18.9 Å². The van der Waals surface area contributed by atoms with Crippen molar-refractivity contribution in [1.82, 2.24) is 14.7 Å². The molecule has 1 unspecified atom stereocenters. The highest BCUT2D eigenvalue weighted by atomic mass is 16.3. The summed E-state index contributed by atoms with van der Waals surface area (Å²) in [5, 5.41) is 13.8. The minimum absolute atomic E-state index is 0.0339. The summed E-state index contributed by atoms with van der Waals surface area (Å²) in [5.41, 5.74) is 1.48. The number of rotatable bonds is 5. The highest BCUT2D eigenvalue weighted by molar-refractivity contribution is 5.92. The summed E-state index contributed by atoms with van der Waals surface area (Å²) < 4.78 is 1.75. The number of nitrogens with zero attached hydrogens (tertiary/aromatic N) is 3. The number of hydrogen-bond donors (Lipinski definition) is 1. The Labute approximate surface area is 115 Å². The van der Waals surface area contributed by atoms with Gasteiger partial charge in [-0.3, -0.25) is 9.48 Å². The summed E-state index contributed by atoms with van der Waals surface area (Å²) in [6, 6.07) is 1.87. The van der Waals surface area contributed by atoms with Crippen LogP contribution in [0.2, 0.25) is 0 Å². The number of aryl methyl sites for hydroxylation is 1. The highest BCUT2D eigenvalue weighted by Gasteiger charge is 2.23. The average molecular weight is 267 g/mol. The van der Waals surface area contributed by atoms with E-state index >= 15 is 0 Å². The summed E-state index contributed by atoms with van der Waals surface area (Å²) in [6.45, 7) is 10.0. The number of hydrogen-bond acceptors (Lipinski definition) is 3. The second kappa shape index (κ2) is 6.19. The highest BCUT2D eigenvalue weighted by Crippen LogP contribution is 2.16. The third-order valence-corrected chi connectivity index (χ3v) is 3.07. The molecule has 0 aliphatic heterocycles. The summed E-state index contributed by atoms with van der Waals surface area (Å²) in [4.78, 5) is 14.1. The standard InChI is InChI=1S/C14H25N3O2/c1-9(2)13-7-12(15-16(13)6)14(19)17(10(3)4)8-11(5)18/h7,9-11,18H,8H2,1-6H3. The summed E-state index contributed by atoms with van der Waals surface area (Å²) >= 11 is 0. The first-order chi connectivity index (χ1) is 8.73. The molecule has 5 nitrogen and oxygen atoms in total. The van der Waals surface area contributed by atoms with Crippen LogP contribution in [0.5, 0.6) is 0 Å². The third-order valence-electron chi connectivity index (χ3n) is 3.07.